The van der Waals surface area contributed by atoms with Crippen molar-refractivity contribution >= 4 is 40.7 Å². The molecule has 0 unspecified atom stereocenters. The van der Waals surface area contributed by atoms with Crippen LogP contribution in [0.4, 0.5) is 0 Å². The fraction of sp³-hybridized carbons (Fsp3) is 0.250. The maximum atomic E-state index is 12.7. The second kappa shape index (κ2) is 8.71. The number of carbonyl (C=O) groups excluding carboxylic acids is 1. The number of amides is 1. The van der Waals surface area contributed by atoms with Crippen LogP contribution in [0.15, 0.2) is 47.0 Å². The van der Waals surface area contributed by atoms with Gasteiger partial charge in [0.2, 0.25) is 0 Å². The molecule has 0 N–H and O–H groups in total. The standard InChI is InChI=1S/C20H17Cl3N4O2/c21-14-9-13(10-15(22)11-14)20(28)27-7-5-26(6-8-27)12-18-24-19(29-25-18)16-3-1-2-4-17(16)23/h1-4,9-11H,5-8,12H2. The summed E-state index contributed by atoms with van der Waals surface area (Å²) >= 11 is 18.2. The Kier molecular flexibility index (Phi) is 6.06. The van der Waals surface area contributed by atoms with Gasteiger partial charge in [0, 0.05) is 41.8 Å². The fourth-order valence-corrected chi connectivity index (χ4v) is 3.97. The SMILES string of the molecule is O=C(c1cc(Cl)cc(Cl)c1)N1CCN(Cc2noc(-c3ccccc3Cl)n2)CC1. The molecule has 1 aromatic heterocycles. The monoisotopic (exact) mass is 450 g/mol. The van der Waals surface area contributed by atoms with Crippen LogP contribution in [0.5, 0.6) is 0 Å². The van der Waals surface area contributed by atoms with Crippen molar-refractivity contribution in [3.63, 3.8) is 0 Å². The molecule has 0 spiro atoms. The van der Waals surface area contributed by atoms with Crippen LogP contribution >= 0.6 is 34.8 Å². The second-order valence-electron chi connectivity index (χ2n) is 6.72. The van der Waals surface area contributed by atoms with Crippen molar-refractivity contribution in [2.75, 3.05) is 26.2 Å². The number of aromatic nitrogens is 2. The Balaban J connectivity index is 1.36. The van der Waals surface area contributed by atoms with Crippen molar-refractivity contribution in [3.05, 3.63) is 68.9 Å². The third-order valence-electron chi connectivity index (χ3n) is 4.71. The molecule has 150 valence electrons. The van der Waals surface area contributed by atoms with E-state index in [1.165, 1.54) is 0 Å². The van der Waals surface area contributed by atoms with Crippen molar-refractivity contribution in [1.82, 2.24) is 19.9 Å². The molecule has 1 fully saturated rings. The first-order valence-corrected chi connectivity index (χ1v) is 10.2. The van der Waals surface area contributed by atoms with Crippen LogP contribution in [0.3, 0.4) is 0 Å². The summed E-state index contributed by atoms with van der Waals surface area (Å²) in [6.45, 7) is 3.14. The van der Waals surface area contributed by atoms with Crippen molar-refractivity contribution < 1.29 is 9.32 Å². The van der Waals surface area contributed by atoms with Gasteiger partial charge >= 0.3 is 0 Å². The summed E-state index contributed by atoms with van der Waals surface area (Å²) in [6.07, 6.45) is 0. The van der Waals surface area contributed by atoms with Gasteiger partial charge in [-0.25, -0.2) is 0 Å². The molecule has 1 amide bonds. The van der Waals surface area contributed by atoms with Gasteiger partial charge in [-0.2, -0.15) is 4.98 Å². The lowest BCUT2D eigenvalue weighted by Crippen LogP contribution is -2.48. The van der Waals surface area contributed by atoms with E-state index >= 15 is 0 Å². The van der Waals surface area contributed by atoms with Crippen LogP contribution in [0.2, 0.25) is 15.1 Å². The minimum absolute atomic E-state index is 0.0744. The maximum Gasteiger partial charge on any atom is 0.259 e. The molecular weight excluding hydrogens is 435 g/mol. The third kappa shape index (κ3) is 4.73. The van der Waals surface area contributed by atoms with Crippen molar-refractivity contribution in [3.8, 4) is 11.5 Å². The first-order chi connectivity index (χ1) is 14.0. The van der Waals surface area contributed by atoms with Crippen LogP contribution in [-0.4, -0.2) is 52.0 Å². The lowest BCUT2D eigenvalue weighted by molar-refractivity contribution is 0.0624. The van der Waals surface area contributed by atoms with E-state index in [0.717, 1.165) is 0 Å². The predicted octanol–water partition coefficient (Wildman–Crippen LogP) is 4.65. The quantitative estimate of drug-likeness (QED) is 0.577. The highest BCUT2D eigenvalue weighted by molar-refractivity contribution is 6.35. The van der Waals surface area contributed by atoms with Gasteiger partial charge in [0.1, 0.15) is 0 Å². The molecule has 0 saturated carbocycles. The number of piperazine rings is 1. The Hall–Kier alpha value is -2.12. The average molecular weight is 452 g/mol. The third-order valence-corrected chi connectivity index (χ3v) is 5.47. The Labute approximate surface area is 183 Å². The molecule has 0 radical (unpaired) electrons. The summed E-state index contributed by atoms with van der Waals surface area (Å²) in [7, 11) is 0. The van der Waals surface area contributed by atoms with Gasteiger partial charge in [0.25, 0.3) is 11.8 Å². The number of hydrogen-bond donors (Lipinski definition) is 0. The van der Waals surface area contributed by atoms with Crippen molar-refractivity contribution in [2.24, 2.45) is 0 Å². The van der Waals surface area contributed by atoms with E-state index < -0.39 is 0 Å². The Morgan fingerprint density at radius 3 is 2.38 bits per heavy atom. The lowest BCUT2D eigenvalue weighted by atomic mass is 10.2. The minimum Gasteiger partial charge on any atom is -0.336 e. The largest absolute Gasteiger partial charge is 0.336 e. The molecule has 6 nitrogen and oxygen atoms in total. The Morgan fingerprint density at radius 2 is 1.69 bits per heavy atom. The van der Waals surface area contributed by atoms with E-state index in [1.807, 2.05) is 18.2 Å². The number of carbonyl (C=O) groups is 1. The van der Waals surface area contributed by atoms with Crippen LogP contribution < -0.4 is 0 Å². The van der Waals surface area contributed by atoms with Crippen molar-refractivity contribution in [2.45, 2.75) is 6.54 Å². The predicted molar refractivity (Wildman–Crippen MR) is 112 cm³/mol. The van der Waals surface area contributed by atoms with Gasteiger partial charge in [-0.15, -0.1) is 0 Å². The van der Waals surface area contributed by atoms with Gasteiger partial charge in [-0.05, 0) is 30.3 Å². The lowest BCUT2D eigenvalue weighted by Gasteiger charge is -2.34. The van der Waals surface area contributed by atoms with Crippen LogP contribution in [0.25, 0.3) is 11.5 Å². The second-order valence-corrected chi connectivity index (χ2v) is 8.00. The summed E-state index contributed by atoms with van der Waals surface area (Å²) in [5, 5.41) is 5.52. The zero-order valence-corrected chi connectivity index (χ0v) is 17.6. The zero-order valence-electron chi connectivity index (χ0n) is 15.3. The zero-order chi connectivity index (χ0) is 20.4. The molecule has 1 aliphatic heterocycles. The Bertz CT molecular complexity index is 1010. The van der Waals surface area contributed by atoms with Gasteiger partial charge in [-0.3, -0.25) is 9.69 Å². The van der Waals surface area contributed by atoms with E-state index in [4.69, 9.17) is 39.3 Å². The molecule has 0 atom stereocenters. The maximum absolute atomic E-state index is 12.7. The van der Waals surface area contributed by atoms with Gasteiger partial charge < -0.3 is 9.42 Å². The highest BCUT2D eigenvalue weighted by atomic mass is 35.5. The highest BCUT2D eigenvalue weighted by Crippen LogP contribution is 2.26. The van der Waals surface area contributed by atoms with Crippen LogP contribution in [0.1, 0.15) is 16.2 Å². The normalized spacial score (nSPS) is 14.9. The van der Waals surface area contributed by atoms with Crippen molar-refractivity contribution in [1.29, 1.82) is 0 Å². The number of halogens is 3. The molecular formula is C20H17Cl3N4O2. The van der Waals surface area contributed by atoms with E-state index in [1.54, 1.807) is 29.2 Å². The smallest absolute Gasteiger partial charge is 0.259 e. The summed E-state index contributed by atoms with van der Waals surface area (Å²) < 4.78 is 5.35. The first-order valence-electron chi connectivity index (χ1n) is 9.05. The highest BCUT2D eigenvalue weighted by Gasteiger charge is 2.24. The molecule has 2 heterocycles. The summed E-state index contributed by atoms with van der Waals surface area (Å²) in [6, 6.07) is 12.2. The van der Waals surface area contributed by atoms with E-state index in [0.29, 0.717) is 70.6 Å². The number of rotatable bonds is 4. The molecule has 0 bridgehead atoms. The first kappa shape index (κ1) is 20.2. The van der Waals surface area contributed by atoms with E-state index in [9.17, 15) is 4.79 Å². The molecule has 1 aliphatic rings. The number of nitrogens with zero attached hydrogens (tertiary/aromatic N) is 4. The average Bonchev–Trinajstić information content (AvgIpc) is 3.16. The van der Waals surface area contributed by atoms with Gasteiger partial charge in [-0.1, -0.05) is 52.1 Å². The molecule has 3 aromatic rings. The van der Waals surface area contributed by atoms with Crippen LogP contribution in [0, 0.1) is 0 Å². The van der Waals surface area contributed by atoms with Crippen LogP contribution in [-0.2, 0) is 6.54 Å². The van der Waals surface area contributed by atoms with E-state index in [-0.39, 0.29) is 5.91 Å². The topological polar surface area (TPSA) is 62.5 Å². The molecule has 2 aromatic carbocycles. The van der Waals surface area contributed by atoms with Gasteiger partial charge in [0.05, 0.1) is 17.1 Å². The van der Waals surface area contributed by atoms with E-state index in [2.05, 4.69) is 15.0 Å². The summed E-state index contributed by atoms with van der Waals surface area (Å²) in [4.78, 5) is 21.1. The van der Waals surface area contributed by atoms with Gasteiger partial charge in [0.15, 0.2) is 5.82 Å². The Morgan fingerprint density at radius 1 is 1.00 bits per heavy atom. The molecule has 9 heteroatoms. The molecule has 4 rings (SSSR count). The minimum atomic E-state index is -0.0744. The fourth-order valence-electron chi connectivity index (χ4n) is 3.23. The number of hydrogen-bond acceptors (Lipinski definition) is 5. The number of benzene rings is 2. The molecule has 1 saturated heterocycles. The summed E-state index contributed by atoms with van der Waals surface area (Å²) in [5.74, 6) is 0.910. The molecule has 0 aliphatic carbocycles. The summed E-state index contributed by atoms with van der Waals surface area (Å²) in [5.41, 5.74) is 1.21. The molecule has 29 heavy (non-hydrogen) atoms.